The van der Waals surface area contributed by atoms with Gasteiger partial charge >= 0.3 is 0 Å². The highest BCUT2D eigenvalue weighted by molar-refractivity contribution is 5.98. The summed E-state index contributed by atoms with van der Waals surface area (Å²) in [4.78, 5) is 0. The van der Waals surface area contributed by atoms with Gasteiger partial charge in [-0.25, -0.2) is 13.2 Å². The van der Waals surface area contributed by atoms with E-state index in [2.05, 4.69) is 16.0 Å². The van der Waals surface area contributed by atoms with E-state index in [9.17, 15) is 13.2 Å². The molecule has 186 valence electrons. The summed E-state index contributed by atoms with van der Waals surface area (Å²) in [5, 5.41) is 25.4. The number of hydrogen-bond acceptors (Lipinski definition) is 5. The van der Waals surface area contributed by atoms with Crippen LogP contribution in [-0.2, 0) is 13.1 Å². The van der Waals surface area contributed by atoms with Crippen molar-refractivity contribution in [1.29, 1.82) is 10.8 Å². The first-order chi connectivity index (χ1) is 16.8. The van der Waals surface area contributed by atoms with Gasteiger partial charge in [0.25, 0.3) is 6.43 Å². The maximum Gasteiger partial charge on any atom is 0.279 e. The van der Waals surface area contributed by atoms with Gasteiger partial charge < -0.3 is 21.4 Å². The van der Waals surface area contributed by atoms with E-state index in [1.165, 1.54) is 25.0 Å². The van der Waals surface area contributed by atoms with Crippen molar-refractivity contribution in [2.75, 3.05) is 11.9 Å². The van der Waals surface area contributed by atoms with E-state index >= 15 is 0 Å². The number of halogens is 3. The maximum atomic E-state index is 14.0. The molecule has 0 amide bonds. The summed E-state index contributed by atoms with van der Waals surface area (Å²) in [6, 6.07) is 14.0. The first kappa shape index (κ1) is 26.2. The molecular weight excluding hydrogens is 451 g/mol. The second kappa shape index (κ2) is 12.9. The Balaban J connectivity index is 1.77. The third kappa shape index (κ3) is 9.05. The molecule has 5 N–H and O–H groups in total. The van der Waals surface area contributed by atoms with E-state index in [0.29, 0.717) is 47.2 Å². The molecule has 1 fully saturated rings. The second-order valence-electron chi connectivity index (χ2n) is 8.76. The molecule has 1 saturated carbocycles. The molecule has 0 aromatic heterocycles. The van der Waals surface area contributed by atoms with Gasteiger partial charge in [-0.3, -0.25) is 5.41 Å². The Morgan fingerprint density at radius 2 is 1.83 bits per heavy atom. The summed E-state index contributed by atoms with van der Waals surface area (Å²) >= 11 is 0. The molecule has 5 nitrogen and oxygen atoms in total. The number of alkyl halides is 2. The van der Waals surface area contributed by atoms with Crippen molar-refractivity contribution in [1.82, 2.24) is 10.6 Å². The van der Waals surface area contributed by atoms with E-state index in [-0.39, 0.29) is 6.42 Å². The van der Waals surface area contributed by atoms with Crippen LogP contribution in [0.25, 0.3) is 0 Å². The van der Waals surface area contributed by atoms with Crippen LogP contribution in [-0.4, -0.2) is 24.4 Å². The molecule has 0 bridgehead atoms. The van der Waals surface area contributed by atoms with E-state index in [1.54, 1.807) is 19.2 Å². The fraction of sp³-hybridized carbons (Fsp3) is 0.333. The van der Waals surface area contributed by atoms with Gasteiger partial charge in [0.2, 0.25) is 0 Å². The molecule has 8 heteroatoms. The first-order valence-corrected chi connectivity index (χ1v) is 11.7. The minimum atomic E-state index is -2.92. The quantitative estimate of drug-likeness (QED) is 0.213. The number of anilines is 1. The molecule has 0 unspecified atom stereocenters. The monoisotopic (exact) mass is 483 g/mol. The van der Waals surface area contributed by atoms with Crippen molar-refractivity contribution >= 4 is 17.1 Å². The number of allylic oxidation sites excluding steroid dienone is 2. The summed E-state index contributed by atoms with van der Waals surface area (Å²) in [6.45, 7) is 3.38. The number of benzene rings is 2. The maximum absolute atomic E-state index is 14.0. The number of rotatable bonds is 14. The SMILES string of the molecule is CC(=N)/C(=C\NCC1CC1)C/C(=C/C(=N)C(F)F)Nc1ccc(F)cc1CNCc1ccccc1. The molecule has 2 aromatic rings. The molecule has 0 saturated heterocycles. The molecule has 3 rings (SSSR count). The highest BCUT2D eigenvalue weighted by Crippen LogP contribution is 2.28. The summed E-state index contributed by atoms with van der Waals surface area (Å²) in [6.07, 6.45) is 2.43. The standard InChI is InChI=1S/C27H32F3N5/c1-18(31)21(16-33-15-20-7-8-20)12-24(13-25(32)27(29)30)35-26-10-9-23(28)11-22(26)17-34-14-19-5-3-2-4-6-19/h2-6,9-11,13,16,20,27,31-35H,7-8,12,14-15,17H2,1H3/b21-16-,24-13-,31-18?,32-25?. The van der Waals surface area contributed by atoms with Crippen molar-refractivity contribution in [2.45, 2.75) is 45.7 Å². The fourth-order valence-corrected chi connectivity index (χ4v) is 3.49. The second-order valence-corrected chi connectivity index (χ2v) is 8.76. The Hall–Kier alpha value is -3.39. The average molecular weight is 484 g/mol. The van der Waals surface area contributed by atoms with Crippen LogP contribution in [0, 0.1) is 22.6 Å². The molecule has 0 heterocycles. The van der Waals surface area contributed by atoms with Gasteiger partial charge in [-0.15, -0.1) is 0 Å². The zero-order valence-corrected chi connectivity index (χ0v) is 19.8. The predicted octanol–water partition coefficient (Wildman–Crippen LogP) is 6.01. The normalized spacial score (nSPS) is 14.2. The van der Waals surface area contributed by atoms with E-state index in [0.717, 1.165) is 18.2 Å². The minimum Gasteiger partial charge on any atom is -0.390 e. The summed E-state index contributed by atoms with van der Waals surface area (Å²) in [5.74, 6) is 0.238. The first-order valence-electron chi connectivity index (χ1n) is 11.7. The minimum absolute atomic E-state index is 0.149. The molecule has 2 aromatic carbocycles. The van der Waals surface area contributed by atoms with E-state index in [1.807, 2.05) is 30.3 Å². The Labute approximate surface area is 204 Å². The van der Waals surface area contributed by atoms with Crippen molar-refractivity contribution in [2.24, 2.45) is 5.92 Å². The number of hydrogen-bond donors (Lipinski definition) is 5. The van der Waals surface area contributed by atoms with Crippen molar-refractivity contribution in [3.63, 3.8) is 0 Å². The largest absolute Gasteiger partial charge is 0.390 e. The smallest absolute Gasteiger partial charge is 0.279 e. The van der Waals surface area contributed by atoms with Crippen molar-refractivity contribution in [3.8, 4) is 0 Å². The summed E-state index contributed by atoms with van der Waals surface area (Å²) in [7, 11) is 0. The van der Waals surface area contributed by atoms with Gasteiger partial charge in [-0.05, 0) is 66.7 Å². The van der Waals surface area contributed by atoms with Crippen LogP contribution in [0.15, 0.2) is 72.1 Å². The molecule has 0 atom stereocenters. The van der Waals surface area contributed by atoms with Crippen LogP contribution in [0.5, 0.6) is 0 Å². The molecular formula is C27H32F3N5. The zero-order chi connectivity index (χ0) is 25.2. The lowest BCUT2D eigenvalue weighted by Gasteiger charge is -2.18. The molecule has 1 aliphatic rings. The van der Waals surface area contributed by atoms with Gasteiger partial charge in [0.05, 0.1) is 5.71 Å². The highest BCUT2D eigenvalue weighted by atomic mass is 19.3. The molecule has 0 spiro atoms. The average Bonchev–Trinajstić information content (AvgIpc) is 3.65. The Kier molecular flexibility index (Phi) is 9.66. The van der Waals surface area contributed by atoms with E-state index in [4.69, 9.17) is 10.8 Å². The summed E-state index contributed by atoms with van der Waals surface area (Å²) in [5.41, 5.74) is 2.68. The zero-order valence-electron chi connectivity index (χ0n) is 19.8. The van der Waals surface area contributed by atoms with Gasteiger partial charge in [-0.2, -0.15) is 0 Å². The molecule has 1 aliphatic carbocycles. The molecule has 35 heavy (non-hydrogen) atoms. The van der Waals surface area contributed by atoms with Crippen LogP contribution < -0.4 is 16.0 Å². The highest BCUT2D eigenvalue weighted by Gasteiger charge is 2.20. The van der Waals surface area contributed by atoms with Crippen molar-refractivity contribution in [3.05, 3.63) is 89.0 Å². The van der Waals surface area contributed by atoms with Gasteiger partial charge in [0.15, 0.2) is 0 Å². The Morgan fingerprint density at radius 1 is 1.09 bits per heavy atom. The van der Waals surface area contributed by atoms with Crippen LogP contribution in [0.3, 0.4) is 0 Å². The molecule has 0 aliphatic heterocycles. The van der Waals surface area contributed by atoms with Gasteiger partial charge in [0, 0.05) is 49.4 Å². The topological polar surface area (TPSA) is 83.8 Å². The fourth-order valence-electron chi connectivity index (χ4n) is 3.49. The van der Waals surface area contributed by atoms with Crippen LogP contribution >= 0.6 is 0 Å². The van der Waals surface area contributed by atoms with Crippen LogP contribution in [0.4, 0.5) is 18.9 Å². The van der Waals surface area contributed by atoms with Crippen LogP contribution in [0.2, 0.25) is 0 Å². The Morgan fingerprint density at radius 3 is 2.49 bits per heavy atom. The van der Waals surface area contributed by atoms with E-state index < -0.39 is 18.0 Å². The lowest BCUT2D eigenvalue weighted by atomic mass is 10.0. The van der Waals surface area contributed by atoms with Crippen molar-refractivity contribution < 1.29 is 13.2 Å². The Bertz CT molecular complexity index is 1080. The van der Waals surface area contributed by atoms with Gasteiger partial charge in [-0.1, -0.05) is 30.3 Å². The van der Waals surface area contributed by atoms with Gasteiger partial charge in [0.1, 0.15) is 5.82 Å². The lowest BCUT2D eigenvalue weighted by molar-refractivity contribution is 0.226. The predicted molar refractivity (Wildman–Crippen MR) is 136 cm³/mol. The summed E-state index contributed by atoms with van der Waals surface area (Å²) < 4.78 is 40.3. The lowest BCUT2D eigenvalue weighted by Crippen LogP contribution is -2.17. The molecule has 0 radical (unpaired) electrons. The number of nitrogens with one attached hydrogen (secondary N) is 5. The van der Waals surface area contributed by atoms with Crippen LogP contribution in [0.1, 0.15) is 37.3 Å². The third-order valence-electron chi connectivity index (χ3n) is 5.66. The third-order valence-corrected chi connectivity index (χ3v) is 5.66.